The quantitative estimate of drug-likeness (QED) is 0.922. The van der Waals surface area contributed by atoms with Gasteiger partial charge in [0.25, 0.3) is 0 Å². The standard InChI is InChI=1S/C12H13ClF3NO2S/c13-11-6-5-9(7-10(11)12(14,15)16)20(18,19)17-8-3-1-2-4-8/h5-8,17H,1-4H2. The molecule has 0 spiro atoms. The van der Waals surface area contributed by atoms with E-state index in [0.717, 1.165) is 25.0 Å². The van der Waals surface area contributed by atoms with Crippen LogP contribution >= 0.6 is 11.6 Å². The summed E-state index contributed by atoms with van der Waals surface area (Å²) in [5, 5.41) is -0.516. The van der Waals surface area contributed by atoms with E-state index in [9.17, 15) is 21.6 Å². The number of benzene rings is 1. The number of halogens is 4. The molecule has 3 nitrogen and oxygen atoms in total. The summed E-state index contributed by atoms with van der Waals surface area (Å²) in [6, 6.07) is 2.40. The van der Waals surface area contributed by atoms with E-state index in [-0.39, 0.29) is 6.04 Å². The molecule has 0 amide bonds. The maximum absolute atomic E-state index is 12.7. The Kier molecular flexibility index (Phi) is 4.32. The first kappa shape index (κ1) is 15.6. The highest BCUT2D eigenvalue weighted by atomic mass is 35.5. The second-order valence-corrected chi connectivity index (χ2v) is 6.86. The molecule has 1 N–H and O–H groups in total. The predicted molar refractivity (Wildman–Crippen MR) is 69.0 cm³/mol. The lowest BCUT2D eigenvalue weighted by molar-refractivity contribution is -0.137. The monoisotopic (exact) mass is 327 g/mol. The van der Waals surface area contributed by atoms with Gasteiger partial charge in [-0.25, -0.2) is 13.1 Å². The number of sulfonamides is 1. The Labute approximate surface area is 120 Å². The molecule has 8 heteroatoms. The molecule has 0 radical (unpaired) electrons. The van der Waals surface area contributed by atoms with E-state index in [1.54, 1.807) is 0 Å². The molecule has 20 heavy (non-hydrogen) atoms. The van der Waals surface area contributed by atoms with Crippen molar-refractivity contribution < 1.29 is 21.6 Å². The Balaban J connectivity index is 2.32. The van der Waals surface area contributed by atoms with E-state index < -0.39 is 31.7 Å². The maximum atomic E-state index is 12.7. The third-order valence-electron chi connectivity index (χ3n) is 3.23. The Morgan fingerprint density at radius 3 is 2.35 bits per heavy atom. The van der Waals surface area contributed by atoms with Crippen molar-refractivity contribution in [3.8, 4) is 0 Å². The zero-order chi connectivity index (χ0) is 15.0. The summed E-state index contributed by atoms with van der Waals surface area (Å²) in [6.45, 7) is 0. The summed E-state index contributed by atoms with van der Waals surface area (Å²) < 4.78 is 64.7. The SMILES string of the molecule is O=S(=O)(NC1CCCC1)c1ccc(Cl)c(C(F)(F)F)c1. The van der Waals surface area contributed by atoms with Crippen LogP contribution in [-0.2, 0) is 16.2 Å². The van der Waals surface area contributed by atoms with Crippen LogP contribution < -0.4 is 4.72 Å². The summed E-state index contributed by atoms with van der Waals surface area (Å²) in [5.41, 5.74) is -1.14. The van der Waals surface area contributed by atoms with Crippen molar-refractivity contribution in [2.45, 2.75) is 42.8 Å². The average Bonchev–Trinajstić information content (AvgIpc) is 2.79. The number of rotatable bonds is 3. The van der Waals surface area contributed by atoms with Gasteiger partial charge < -0.3 is 0 Å². The molecule has 1 aliphatic rings. The van der Waals surface area contributed by atoms with Crippen LogP contribution in [-0.4, -0.2) is 14.5 Å². The third-order valence-corrected chi connectivity index (χ3v) is 5.08. The smallest absolute Gasteiger partial charge is 0.208 e. The number of alkyl halides is 3. The molecular weight excluding hydrogens is 315 g/mol. The molecule has 1 fully saturated rings. The predicted octanol–water partition coefficient (Wildman–Crippen LogP) is 3.58. The zero-order valence-corrected chi connectivity index (χ0v) is 11.9. The second kappa shape index (κ2) is 5.54. The van der Waals surface area contributed by atoms with Crippen LogP contribution in [0.2, 0.25) is 5.02 Å². The zero-order valence-electron chi connectivity index (χ0n) is 10.4. The first-order chi connectivity index (χ1) is 9.20. The molecule has 1 aromatic carbocycles. The van der Waals surface area contributed by atoms with Gasteiger partial charge in [0.2, 0.25) is 10.0 Å². The van der Waals surface area contributed by atoms with Crippen LogP contribution in [0.15, 0.2) is 23.1 Å². The minimum Gasteiger partial charge on any atom is -0.208 e. The minimum atomic E-state index is -4.68. The van der Waals surface area contributed by atoms with Crippen molar-refractivity contribution >= 4 is 21.6 Å². The molecule has 0 heterocycles. The average molecular weight is 328 g/mol. The second-order valence-electron chi connectivity index (χ2n) is 4.74. The van der Waals surface area contributed by atoms with Crippen LogP contribution in [0, 0.1) is 0 Å². The highest BCUT2D eigenvalue weighted by Gasteiger charge is 2.35. The van der Waals surface area contributed by atoms with Gasteiger partial charge in [0, 0.05) is 6.04 Å². The fourth-order valence-electron chi connectivity index (χ4n) is 2.22. The Hall–Kier alpha value is -0.790. The molecule has 2 rings (SSSR count). The topological polar surface area (TPSA) is 46.2 Å². The van der Waals surface area contributed by atoms with Crippen molar-refractivity contribution in [2.75, 3.05) is 0 Å². The lowest BCUT2D eigenvalue weighted by Crippen LogP contribution is -2.32. The van der Waals surface area contributed by atoms with Crippen LogP contribution in [0.1, 0.15) is 31.2 Å². The van der Waals surface area contributed by atoms with Gasteiger partial charge in [-0.05, 0) is 31.0 Å². The van der Waals surface area contributed by atoms with Gasteiger partial charge >= 0.3 is 6.18 Å². The van der Waals surface area contributed by atoms with Crippen LogP contribution in [0.4, 0.5) is 13.2 Å². The molecule has 1 aliphatic carbocycles. The van der Waals surface area contributed by atoms with Crippen molar-refractivity contribution in [2.24, 2.45) is 0 Å². The summed E-state index contributed by atoms with van der Waals surface area (Å²) in [7, 11) is -3.95. The van der Waals surface area contributed by atoms with Crippen LogP contribution in [0.3, 0.4) is 0 Å². The van der Waals surface area contributed by atoms with Crippen molar-refractivity contribution in [1.82, 2.24) is 4.72 Å². The highest BCUT2D eigenvalue weighted by molar-refractivity contribution is 7.89. The van der Waals surface area contributed by atoms with Gasteiger partial charge in [0.1, 0.15) is 0 Å². The molecule has 0 bridgehead atoms. The van der Waals surface area contributed by atoms with Gasteiger partial charge in [0.05, 0.1) is 15.5 Å². The molecule has 0 saturated heterocycles. The minimum absolute atomic E-state index is 0.204. The normalized spacial score (nSPS) is 17.6. The molecule has 0 aliphatic heterocycles. The van der Waals surface area contributed by atoms with Gasteiger partial charge in [0.15, 0.2) is 0 Å². The molecule has 0 atom stereocenters. The Morgan fingerprint density at radius 2 is 1.80 bits per heavy atom. The molecule has 0 unspecified atom stereocenters. The molecule has 1 saturated carbocycles. The van der Waals surface area contributed by atoms with Crippen molar-refractivity contribution in [3.63, 3.8) is 0 Å². The largest absolute Gasteiger partial charge is 0.417 e. The summed E-state index contributed by atoms with van der Waals surface area (Å²) in [5.74, 6) is 0. The van der Waals surface area contributed by atoms with Crippen molar-refractivity contribution in [1.29, 1.82) is 0 Å². The van der Waals surface area contributed by atoms with Gasteiger partial charge in [-0.1, -0.05) is 24.4 Å². The summed E-state index contributed by atoms with van der Waals surface area (Å²) >= 11 is 5.47. The number of hydrogen-bond acceptors (Lipinski definition) is 2. The highest BCUT2D eigenvalue weighted by Crippen LogP contribution is 2.36. The van der Waals surface area contributed by atoms with E-state index >= 15 is 0 Å². The van der Waals surface area contributed by atoms with Crippen LogP contribution in [0.25, 0.3) is 0 Å². The van der Waals surface area contributed by atoms with E-state index in [4.69, 9.17) is 11.6 Å². The maximum Gasteiger partial charge on any atom is 0.417 e. The van der Waals surface area contributed by atoms with E-state index in [1.165, 1.54) is 0 Å². The summed E-state index contributed by atoms with van der Waals surface area (Å²) in [4.78, 5) is -0.416. The molecule has 1 aromatic rings. The fourth-order valence-corrected chi connectivity index (χ4v) is 3.78. The number of hydrogen-bond donors (Lipinski definition) is 1. The Morgan fingerprint density at radius 1 is 1.20 bits per heavy atom. The lowest BCUT2D eigenvalue weighted by atomic mass is 10.2. The molecule has 0 aromatic heterocycles. The van der Waals surface area contributed by atoms with Crippen molar-refractivity contribution in [3.05, 3.63) is 28.8 Å². The van der Waals surface area contributed by atoms with E-state index in [2.05, 4.69) is 4.72 Å². The first-order valence-electron chi connectivity index (χ1n) is 6.09. The first-order valence-corrected chi connectivity index (χ1v) is 7.95. The van der Waals surface area contributed by atoms with E-state index in [0.29, 0.717) is 18.9 Å². The van der Waals surface area contributed by atoms with Gasteiger partial charge in [-0.3, -0.25) is 0 Å². The lowest BCUT2D eigenvalue weighted by Gasteiger charge is -2.14. The van der Waals surface area contributed by atoms with Gasteiger partial charge in [-0.15, -0.1) is 0 Å². The third kappa shape index (κ3) is 3.45. The Bertz CT molecular complexity index is 595. The van der Waals surface area contributed by atoms with Crippen LogP contribution in [0.5, 0.6) is 0 Å². The van der Waals surface area contributed by atoms with E-state index in [1.807, 2.05) is 0 Å². The number of nitrogens with one attached hydrogen (secondary N) is 1. The fraction of sp³-hybridized carbons (Fsp3) is 0.500. The summed E-state index contributed by atoms with van der Waals surface area (Å²) in [6.07, 6.45) is -1.43. The molecule has 112 valence electrons. The van der Waals surface area contributed by atoms with Gasteiger partial charge in [-0.2, -0.15) is 13.2 Å². The molecular formula is C12H13ClF3NO2S.